The third kappa shape index (κ3) is 4.39. The quantitative estimate of drug-likeness (QED) is 0.487. The van der Waals surface area contributed by atoms with Crippen LogP contribution in [0.15, 0.2) is 58.5 Å². The highest BCUT2D eigenvalue weighted by molar-refractivity contribution is 7.99. The Morgan fingerprint density at radius 1 is 1.13 bits per heavy atom. The number of nitriles is 1. The normalized spacial score (nSPS) is 14.4. The van der Waals surface area contributed by atoms with E-state index in [1.165, 1.54) is 18.2 Å². The van der Waals surface area contributed by atoms with Crippen LogP contribution in [0, 0.1) is 11.3 Å². The number of rotatable bonds is 5. The summed E-state index contributed by atoms with van der Waals surface area (Å²) in [4.78, 5) is 30.4. The Hall–Kier alpha value is -3.11. The van der Waals surface area contributed by atoms with Crippen molar-refractivity contribution in [1.82, 2.24) is 9.55 Å². The van der Waals surface area contributed by atoms with Gasteiger partial charge < -0.3 is 5.32 Å². The van der Waals surface area contributed by atoms with Crippen molar-refractivity contribution in [2.45, 2.75) is 43.3 Å². The zero-order valence-electron chi connectivity index (χ0n) is 16.5. The van der Waals surface area contributed by atoms with Gasteiger partial charge in [-0.3, -0.25) is 14.2 Å². The molecule has 1 aliphatic rings. The molecule has 1 amide bonds. The van der Waals surface area contributed by atoms with Crippen molar-refractivity contribution in [3.05, 3.63) is 64.4 Å². The van der Waals surface area contributed by atoms with E-state index < -0.39 is 0 Å². The minimum Gasteiger partial charge on any atom is -0.325 e. The maximum atomic E-state index is 13.2. The molecule has 1 heterocycles. The zero-order valence-corrected chi connectivity index (χ0v) is 17.3. The Bertz CT molecular complexity index is 1160. The number of hydrogen-bond donors (Lipinski definition) is 1. The molecular weight excluding hydrogens is 396 g/mol. The van der Waals surface area contributed by atoms with Crippen molar-refractivity contribution in [2.75, 3.05) is 11.1 Å². The lowest BCUT2D eigenvalue weighted by molar-refractivity contribution is -0.113. The highest BCUT2D eigenvalue weighted by Gasteiger charge is 2.22. The Balaban J connectivity index is 1.57. The summed E-state index contributed by atoms with van der Waals surface area (Å²) in [5.41, 5.74) is 1.81. The molecule has 1 aliphatic carbocycles. The Morgan fingerprint density at radius 2 is 1.87 bits per heavy atom. The number of hydrogen-bond acceptors (Lipinski definition) is 5. The van der Waals surface area contributed by atoms with Gasteiger partial charge in [0.2, 0.25) is 5.91 Å². The standard InChI is InChI=1S/C23H22N4O2S/c24-14-16-10-12-17(13-11-16)25-21(28)15-30-23-26-20-9-5-4-8-19(20)22(29)27(23)18-6-2-1-3-7-18/h4-5,8-13,18H,1-3,6-7,15H2,(H,25,28). The molecule has 1 fully saturated rings. The number of para-hydroxylation sites is 1. The van der Waals surface area contributed by atoms with Gasteiger partial charge in [0.05, 0.1) is 28.3 Å². The molecule has 0 aliphatic heterocycles. The molecule has 152 valence electrons. The van der Waals surface area contributed by atoms with Gasteiger partial charge >= 0.3 is 0 Å². The Kier molecular flexibility index (Phi) is 6.15. The van der Waals surface area contributed by atoms with Crippen LogP contribution in [0.25, 0.3) is 10.9 Å². The largest absolute Gasteiger partial charge is 0.325 e. The second-order valence-electron chi connectivity index (χ2n) is 7.40. The number of fused-ring (bicyclic) bond motifs is 1. The third-order valence-corrected chi connectivity index (χ3v) is 6.30. The van der Waals surface area contributed by atoms with Crippen LogP contribution in [-0.2, 0) is 4.79 Å². The Labute approximate surface area is 178 Å². The van der Waals surface area contributed by atoms with Crippen molar-refractivity contribution in [3.63, 3.8) is 0 Å². The van der Waals surface area contributed by atoms with Gasteiger partial charge in [-0.15, -0.1) is 0 Å². The molecule has 2 aromatic carbocycles. The molecule has 0 spiro atoms. The second-order valence-corrected chi connectivity index (χ2v) is 8.35. The summed E-state index contributed by atoms with van der Waals surface area (Å²) >= 11 is 1.29. The van der Waals surface area contributed by atoms with Crippen molar-refractivity contribution in [3.8, 4) is 6.07 Å². The second kappa shape index (κ2) is 9.14. The van der Waals surface area contributed by atoms with Crippen LogP contribution >= 0.6 is 11.8 Å². The summed E-state index contributed by atoms with van der Waals surface area (Å²) in [6.07, 6.45) is 5.33. The van der Waals surface area contributed by atoms with E-state index in [1.807, 2.05) is 24.3 Å². The minimum atomic E-state index is -0.178. The van der Waals surface area contributed by atoms with E-state index in [9.17, 15) is 9.59 Å². The van der Waals surface area contributed by atoms with Gasteiger partial charge in [0.1, 0.15) is 0 Å². The smallest absolute Gasteiger partial charge is 0.262 e. The summed E-state index contributed by atoms with van der Waals surface area (Å²) in [5, 5.41) is 12.9. The highest BCUT2D eigenvalue weighted by atomic mass is 32.2. The van der Waals surface area contributed by atoms with Crippen LogP contribution in [0.4, 0.5) is 5.69 Å². The molecule has 0 saturated heterocycles. The van der Waals surface area contributed by atoms with E-state index in [0.29, 0.717) is 27.3 Å². The van der Waals surface area contributed by atoms with Crippen LogP contribution in [-0.4, -0.2) is 21.2 Å². The molecule has 0 bridgehead atoms. The monoisotopic (exact) mass is 418 g/mol. The SMILES string of the molecule is N#Cc1ccc(NC(=O)CSc2nc3ccccc3c(=O)n2C2CCCCC2)cc1. The number of nitrogens with one attached hydrogen (secondary N) is 1. The summed E-state index contributed by atoms with van der Waals surface area (Å²) in [7, 11) is 0. The first kappa shape index (κ1) is 20.2. The molecule has 4 rings (SSSR count). The molecule has 7 heteroatoms. The summed E-state index contributed by atoms with van der Waals surface area (Å²) in [5.74, 6) is -0.0281. The van der Waals surface area contributed by atoms with E-state index in [2.05, 4.69) is 11.4 Å². The molecule has 1 N–H and O–H groups in total. The van der Waals surface area contributed by atoms with Crippen LogP contribution in [0.5, 0.6) is 0 Å². The van der Waals surface area contributed by atoms with Crippen molar-refractivity contribution >= 4 is 34.3 Å². The molecule has 3 aromatic rings. The fraction of sp³-hybridized carbons (Fsp3) is 0.304. The van der Waals surface area contributed by atoms with Gasteiger partial charge in [-0.05, 0) is 49.2 Å². The molecule has 0 unspecified atom stereocenters. The zero-order chi connectivity index (χ0) is 20.9. The number of thioether (sulfide) groups is 1. The predicted molar refractivity (Wildman–Crippen MR) is 119 cm³/mol. The number of carbonyl (C=O) groups excluding carboxylic acids is 1. The number of amides is 1. The number of carbonyl (C=O) groups is 1. The van der Waals surface area contributed by atoms with E-state index in [0.717, 1.165) is 25.7 Å². The fourth-order valence-electron chi connectivity index (χ4n) is 3.84. The van der Waals surface area contributed by atoms with Gasteiger partial charge in [-0.25, -0.2) is 4.98 Å². The first-order chi connectivity index (χ1) is 14.7. The number of anilines is 1. The van der Waals surface area contributed by atoms with Crippen LogP contribution in [0.3, 0.4) is 0 Å². The molecule has 30 heavy (non-hydrogen) atoms. The van der Waals surface area contributed by atoms with Crippen LogP contribution < -0.4 is 10.9 Å². The fourth-order valence-corrected chi connectivity index (χ4v) is 4.71. The summed E-state index contributed by atoms with van der Waals surface area (Å²) in [6, 6.07) is 16.3. The third-order valence-electron chi connectivity index (χ3n) is 5.35. The van der Waals surface area contributed by atoms with Gasteiger partial charge in [0, 0.05) is 11.7 Å². The first-order valence-corrected chi connectivity index (χ1v) is 11.1. The lowest BCUT2D eigenvalue weighted by Gasteiger charge is -2.26. The van der Waals surface area contributed by atoms with Gasteiger partial charge in [-0.2, -0.15) is 5.26 Å². The highest BCUT2D eigenvalue weighted by Crippen LogP contribution is 2.31. The van der Waals surface area contributed by atoms with Crippen molar-refractivity contribution in [2.24, 2.45) is 0 Å². The first-order valence-electron chi connectivity index (χ1n) is 10.1. The van der Waals surface area contributed by atoms with Gasteiger partial charge in [0.15, 0.2) is 5.16 Å². The Morgan fingerprint density at radius 3 is 2.60 bits per heavy atom. The molecule has 0 atom stereocenters. The van der Waals surface area contributed by atoms with Crippen molar-refractivity contribution in [1.29, 1.82) is 5.26 Å². The van der Waals surface area contributed by atoms with Crippen LogP contribution in [0.2, 0.25) is 0 Å². The van der Waals surface area contributed by atoms with Crippen molar-refractivity contribution < 1.29 is 4.79 Å². The molecular formula is C23H22N4O2S. The lowest BCUT2D eigenvalue weighted by atomic mass is 9.95. The topological polar surface area (TPSA) is 87.8 Å². The van der Waals surface area contributed by atoms with Gasteiger partial charge in [-0.1, -0.05) is 43.2 Å². The van der Waals surface area contributed by atoms with E-state index in [-0.39, 0.29) is 23.3 Å². The maximum absolute atomic E-state index is 13.2. The predicted octanol–water partition coefficient (Wildman–Crippen LogP) is 4.50. The molecule has 1 saturated carbocycles. The summed E-state index contributed by atoms with van der Waals surface area (Å²) in [6.45, 7) is 0. The molecule has 0 radical (unpaired) electrons. The van der Waals surface area contributed by atoms with E-state index in [1.54, 1.807) is 28.8 Å². The molecule has 1 aromatic heterocycles. The minimum absolute atomic E-state index is 0.0255. The number of aromatic nitrogens is 2. The van der Waals surface area contributed by atoms with Crippen LogP contribution in [0.1, 0.15) is 43.7 Å². The van der Waals surface area contributed by atoms with E-state index in [4.69, 9.17) is 10.2 Å². The lowest BCUT2D eigenvalue weighted by Crippen LogP contribution is -2.29. The number of benzene rings is 2. The number of nitrogens with zero attached hydrogens (tertiary/aromatic N) is 3. The average Bonchev–Trinajstić information content (AvgIpc) is 2.79. The molecule has 6 nitrogen and oxygen atoms in total. The maximum Gasteiger partial charge on any atom is 0.262 e. The van der Waals surface area contributed by atoms with Gasteiger partial charge in [0.25, 0.3) is 5.56 Å². The average molecular weight is 419 g/mol. The van der Waals surface area contributed by atoms with E-state index >= 15 is 0 Å². The summed E-state index contributed by atoms with van der Waals surface area (Å²) < 4.78 is 1.81.